The van der Waals surface area contributed by atoms with Crippen LogP contribution in [0.15, 0.2) is 48.5 Å². The standard InChI is InChI=1S/C22H17F3N6O3/c23-22(24,25)34-16-3-1-2-14(10-16)19-18(17-12-30(21(27)33)8-9-31(17)29-19)20(32)28-15-6-4-13(11-26)5-7-15/h1-7,10H,8-9,12H2,(H2,27,33)(H,28,32). The fraction of sp³-hybridized carbons (Fsp3) is 0.182. The number of ether oxygens (including phenoxy) is 1. The number of carbonyl (C=O) groups is 2. The number of hydrogen-bond acceptors (Lipinski definition) is 5. The molecule has 2 aromatic carbocycles. The van der Waals surface area contributed by atoms with Gasteiger partial charge < -0.3 is 20.7 Å². The highest BCUT2D eigenvalue weighted by molar-refractivity contribution is 6.09. The maximum Gasteiger partial charge on any atom is 0.573 e. The molecule has 4 rings (SSSR count). The Morgan fingerprint density at radius 2 is 1.88 bits per heavy atom. The number of rotatable bonds is 4. The molecular formula is C22H17F3N6O3. The average molecular weight is 470 g/mol. The summed E-state index contributed by atoms with van der Waals surface area (Å²) in [6, 6.07) is 12.6. The molecule has 3 aromatic rings. The minimum atomic E-state index is -4.89. The molecule has 1 aliphatic rings. The molecular weight excluding hydrogens is 453 g/mol. The van der Waals surface area contributed by atoms with Crippen molar-refractivity contribution in [2.45, 2.75) is 19.5 Å². The molecule has 0 saturated heterocycles. The smallest absolute Gasteiger partial charge is 0.406 e. The van der Waals surface area contributed by atoms with Gasteiger partial charge in [0.15, 0.2) is 0 Å². The van der Waals surface area contributed by atoms with Crippen molar-refractivity contribution in [1.29, 1.82) is 5.26 Å². The van der Waals surface area contributed by atoms with Gasteiger partial charge in [-0.15, -0.1) is 13.2 Å². The van der Waals surface area contributed by atoms with E-state index in [4.69, 9.17) is 11.0 Å². The molecule has 0 saturated carbocycles. The highest BCUT2D eigenvalue weighted by atomic mass is 19.4. The van der Waals surface area contributed by atoms with Gasteiger partial charge in [0.25, 0.3) is 5.91 Å². The summed E-state index contributed by atoms with van der Waals surface area (Å²) in [4.78, 5) is 26.4. The largest absolute Gasteiger partial charge is 0.573 e. The van der Waals surface area contributed by atoms with Gasteiger partial charge in [-0.25, -0.2) is 4.79 Å². The minimum absolute atomic E-state index is 0.00278. The van der Waals surface area contributed by atoms with Gasteiger partial charge in [0.05, 0.1) is 36.0 Å². The molecule has 0 radical (unpaired) electrons. The van der Waals surface area contributed by atoms with Crippen LogP contribution in [0.2, 0.25) is 0 Å². The van der Waals surface area contributed by atoms with E-state index in [1.165, 1.54) is 33.8 Å². The molecule has 34 heavy (non-hydrogen) atoms. The Bertz CT molecular complexity index is 1290. The second-order valence-electron chi connectivity index (χ2n) is 7.37. The molecule has 0 fully saturated rings. The van der Waals surface area contributed by atoms with Gasteiger partial charge in [-0.2, -0.15) is 10.4 Å². The second-order valence-corrected chi connectivity index (χ2v) is 7.37. The summed E-state index contributed by atoms with van der Waals surface area (Å²) in [5.41, 5.74) is 7.02. The van der Waals surface area contributed by atoms with Crippen LogP contribution in [-0.2, 0) is 13.1 Å². The third-order valence-corrected chi connectivity index (χ3v) is 5.13. The van der Waals surface area contributed by atoms with E-state index in [-0.39, 0.29) is 36.5 Å². The predicted octanol–water partition coefficient (Wildman–Crippen LogP) is 3.47. The molecule has 0 aliphatic carbocycles. The summed E-state index contributed by atoms with van der Waals surface area (Å²) in [5, 5.41) is 16.1. The van der Waals surface area contributed by atoms with E-state index in [0.29, 0.717) is 16.9 Å². The Morgan fingerprint density at radius 1 is 1.15 bits per heavy atom. The minimum Gasteiger partial charge on any atom is -0.406 e. The van der Waals surface area contributed by atoms with Crippen LogP contribution < -0.4 is 15.8 Å². The van der Waals surface area contributed by atoms with Crippen molar-refractivity contribution < 1.29 is 27.5 Å². The number of aromatic nitrogens is 2. The number of fused-ring (bicyclic) bond motifs is 1. The zero-order valence-electron chi connectivity index (χ0n) is 17.5. The molecule has 2 heterocycles. The number of nitrogens with one attached hydrogen (secondary N) is 1. The van der Waals surface area contributed by atoms with Crippen molar-refractivity contribution in [1.82, 2.24) is 14.7 Å². The SMILES string of the molecule is N#Cc1ccc(NC(=O)c2c(-c3cccc(OC(F)(F)F)c3)nn3c2CN(C(N)=O)CC3)cc1. The average Bonchev–Trinajstić information content (AvgIpc) is 3.17. The summed E-state index contributed by atoms with van der Waals surface area (Å²) in [5.74, 6) is -1.05. The van der Waals surface area contributed by atoms with Crippen LogP contribution in [0.3, 0.4) is 0 Å². The Balaban J connectivity index is 1.76. The number of primary amides is 1. The molecule has 174 valence electrons. The van der Waals surface area contributed by atoms with Crippen molar-refractivity contribution in [3.05, 3.63) is 65.4 Å². The van der Waals surface area contributed by atoms with Crippen LogP contribution in [0.5, 0.6) is 5.75 Å². The molecule has 1 aliphatic heterocycles. The lowest BCUT2D eigenvalue weighted by molar-refractivity contribution is -0.274. The second kappa shape index (κ2) is 8.78. The number of alkyl halides is 3. The highest BCUT2D eigenvalue weighted by Gasteiger charge is 2.33. The van der Waals surface area contributed by atoms with E-state index in [1.807, 2.05) is 6.07 Å². The summed E-state index contributed by atoms with van der Waals surface area (Å²) in [6.45, 7) is 0.503. The maximum atomic E-state index is 13.3. The number of benzene rings is 2. The molecule has 1 aromatic heterocycles. The van der Waals surface area contributed by atoms with E-state index < -0.39 is 24.1 Å². The number of anilines is 1. The number of hydrogen-bond donors (Lipinski definition) is 2. The zero-order valence-corrected chi connectivity index (χ0v) is 17.5. The van der Waals surface area contributed by atoms with E-state index in [1.54, 1.807) is 12.1 Å². The Kier molecular flexibility index (Phi) is 5.85. The zero-order chi connectivity index (χ0) is 24.5. The van der Waals surface area contributed by atoms with Gasteiger partial charge in [0.1, 0.15) is 11.4 Å². The van der Waals surface area contributed by atoms with Crippen LogP contribution in [0.1, 0.15) is 21.6 Å². The van der Waals surface area contributed by atoms with Gasteiger partial charge >= 0.3 is 12.4 Å². The molecule has 0 bridgehead atoms. The summed E-state index contributed by atoms with van der Waals surface area (Å²) in [6.07, 6.45) is -4.89. The first-order chi connectivity index (χ1) is 16.1. The molecule has 3 amide bonds. The molecule has 9 nitrogen and oxygen atoms in total. The fourth-order valence-corrected chi connectivity index (χ4v) is 3.61. The number of urea groups is 1. The van der Waals surface area contributed by atoms with E-state index in [0.717, 1.165) is 12.1 Å². The lowest BCUT2D eigenvalue weighted by Crippen LogP contribution is -2.42. The molecule has 12 heteroatoms. The van der Waals surface area contributed by atoms with Gasteiger partial charge in [-0.1, -0.05) is 12.1 Å². The van der Waals surface area contributed by atoms with E-state index >= 15 is 0 Å². The molecule has 0 atom stereocenters. The highest BCUT2D eigenvalue weighted by Crippen LogP contribution is 2.32. The van der Waals surface area contributed by atoms with E-state index in [2.05, 4.69) is 15.2 Å². The van der Waals surface area contributed by atoms with Crippen LogP contribution in [-0.4, -0.2) is 39.5 Å². The lowest BCUT2D eigenvalue weighted by Gasteiger charge is -2.26. The molecule has 0 unspecified atom stereocenters. The Morgan fingerprint density at radius 3 is 2.53 bits per heavy atom. The summed E-state index contributed by atoms with van der Waals surface area (Å²) < 4.78 is 43.7. The van der Waals surface area contributed by atoms with Crippen LogP contribution in [0, 0.1) is 11.3 Å². The van der Waals surface area contributed by atoms with Gasteiger partial charge in [-0.05, 0) is 36.4 Å². The van der Waals surface area contributed by atoms with Crippen LogP contribution in [0.4, 0.5) is 23.7 Å². The molecule has 0 spiro atoms. The van der Waals surface area contributed by atoms with Crippen LogP contribution >= 0.6 is 0 Å². The van der Waals surface area contributed by atoms with Crippen molar-refractivity contribution in [2.24, 2.45) is 5.73 Å². The number of nitrogens with zero attached hydrogens (tertiary/aromatic N) is 4. The quantitative estimate of drug-likeness (QED) is 0.604. The van der Waals surface area contributed by atoms with Crippen molar-refractivity contribution >= 4 is 17.6 Å². The summed E-state index contributed by atoms with van der Waals surface area (Å²) >= 11 is 0. The first kappa shape index (κ1) is 22.7. The Hall–Kier alpha value is -4.53. The lowest BCUT2D eigenvalue weighted by atomic mass is 10.0. The number of amides is 3. The molecule has 3 N–H and O–H groups in total. The normalized spacial score (nSPS) is 13.1. The van der Waals surface area contributed by atoms with Gasteiger partial charge in [0, 0.05) is 17.8 Å². The third-order valence-electron chi connectivity index (χ3n) is 5.13. The van der Waals surface area contributed by atoms with Gasteiger partial charge in [0.2, 0.25) is 0 Å². The topological polar surface area (TPSA) is 126 Å². The monoisotopic (exact) mass is 470 g/mol. The van der Waals surface area contributed by atoms with Crippen LogP contribution in [0.25, 0.3) is 11.3 Å². The van der Waals surface area contributed by atoms with Crippen molar-refractivity contribution in [3.8, 4) is 23.1 Å². The Labute approximate surface area is 191 Å². The van der Waals surface area contributed by atoms with Gasteiger partial charge in [-0.3, -0.25) is 9.48 Å². The third kappa shape index (κ3) is 4.78. The number of halogens is 3. The summed E-state index contributed by atoms with van der Waals surface area (Å²) in [7, 11) is 0. The maximum absolute atomic E-state index is 13.3. The van der Waals surface area contributed by atoms with E-state index in [9.17, 15) is 22.8 Å². The first-order valence-electron chi connectivity index (χ1n) is 9.96. The predicted molar refractivity (Wildman–Crippen MR) is 113 cm³/mol. The van der Waals surface area contributed by atoms with Crippen molar-refractivity contribution in [3.63, 3.8) is 0 Å². The first-order valence-corrected chi connectivity index (χ1v) is 9.96. The van der Waals surface area contributed by atoms with Crippen molar-refractivity contribution in [2.75, 3.05) is 11.9 Å². The fourth-order valence-electron chi connectivity index (χ4n) is 3.61. The number of nitriles is 1. The number of carbonyl (C=O) groups excluding carboxylic acids is 2. The number of nitrogens with two attached hydrogens (primary N) is 1.